The highest BCUT2D eigenvalue weighted by molar-refractivity contribution is 6.05. The lowest BCUT2D eigenvalue weighted by Gasteiger charge is -2.64. The Morgan fingerprint density at radius 3 is 2.45 bits per heavy atom. The van der Waals surface area contributed by atoms with Gasteiger partial charge in [-0.25, -0.2) is 4.39 Å². The number of ketones is 2. The number of nitrogens with zero attached hydrogens (tertiary/aromatic N) is 1. The number of rotatable bonds is 6. The molecule has 6 fully saturated rings. The van der Waals surface area contributed by atoms with E-state index in [2.05, 4.69) is 4.84 Å². The van der Waals surface area contributed by atoms with E-state index in [0.717, 1.165) is 0 Å². The maximum Gasteiger partial charge on any atom is 0.294 e. The maximum absolute atomic E-state index is 18.2. The van der Waals surface area contributed by atoms with Gasteiger partial charge in [-0.3, -0.25) is 9.59 Å². The Kier molecular flexibility index (Phi) is 6.23. The fraction of sp³-hybridized carbons (Fsp3) is 0.625. The van der Waals surface area contributed by atoms with Gasteiger partial charge >= 0.3 is 0 Å². The summed E-state index contributed by atoms with van der Waals surface area (Å²) in [6.45, 7) is 6.26. The van der Waals surface area contributed by atoms with E-state index in [1.807, 2.05) is 6.92 Å². The SMILES string of the molecule is CC1(C)O[C@H]2C[C@H]3[C@@H]4CCC5=CC(=O)C(OCc6ccc(CO[N+](=O)[O-])cc6)=C6OCC(=O)[C@]2(O1)[C@@]3(C)C[C@H](O)C4(F)[C@]56C. The predicted molar refractivity (Wildman–Crippen MR) is 148 cm³/mol. The van der Waals surface area contributed by atoms with E-state index in [1.165, 1.54) is 6.08 Å². The van der Waals surface area contributed by atoms with Crippen LogP contribution in [0.2, 0.25) is 0 Å². The van der Waals surface area contributed by atoms with Crippen molar-refractivity contribution < 1.29 is 48.0 Å². The first-order valence-electron chi connectivity index (χ1n) is 15.1. The summed E-state index contributed by atoms with van der Waals surface area (Å²) in [7, 11) is 0. The third kappa shape index (κ3) is 3.64. The number of aliphatic hydroxyl groups excluding tert-OH is 1. The minimum absolute atomic E-state index is 0.0147. The van der Waals surface area contributed by atoms with Crippen LogP contribution in [-0.4, -0.2) is 57.6 Å². The zero-order chi connectivity index (χ0) is 31.4. The highest BCUT2D eigenvalue weighted by Crippen LogP contribution is 2.74. The fourth-order valence-corrected chi connectivity index (χ4v) is 9.55. The number of hydrogen-bond donors (Lipinski definition) is 1. The summed E-state index contributed by atoms with van der Waals surface area (Å²) in [6.07, 6.45) is 0.480. The van der Waals surface area contributed by atoms with Gasteiger partial charge in [0.05, 0.1) is 17.6 Å². The number of Topliss-reactive ketones (excluding diaryl/α,β-unsaturated/α-hetero) is 1. The molecule has 6 bridgehead atoms. The molecule has 4 aliphatic carbocycles. The molecule has 0 amide bonds. The van der Waals surface area contributed by atoms with E-state index in [-0.39, 0.29) is 42.9 Å². The number of allylic oxidation sites excluding steroid dienone is 2. The third-order valence-electron chi connectivity index (χ3n) is 11.4. The molecule has 0 radical (unpaired) electrons. The van der Waals surface area contributed by atoms with Crippen LogP contribution < -0.4 is 0 Å². The molecule has 3 saturated carbocycles. The first kappa shape index (κ1) is 29.4. The summed E-state index contributed by atoms with van der Waals surface area (Å²) < 4.78 is 43.3. The monoisotopic (exact) mass is 613 g/mol. The van der Waals surface area contributed by atoms with Crippen molar-refractivity contribution in [2.75, 3.05) is 6.61 Å². The molecule has 8 rings (SSSR count). The average Bonchev–Trinajstić information content (AvgIpc) is 3.36. The highest BCUT2D eigenvalue weighted by atomic mass is 19.1. The zero-order valence-electron chi connectivity index (χ0n) is 25.1. The minimum Gasteiger partial charge on any atom is -0.485 e. The van der Waals surface area contributed by atoms with Crippen molar-refractivity contribution in [2.24, 2.45) is 22.7 Å². The lowest BCUT2D eigenvalue weighted by Crippen LogP contribution is -2.71. The highest BCUT2D eigenvalue weighted by Gasteiger charge is 2.81. The molecule has 7 aliphatic rings. The molecule has 12 heteroatoms. The normalized spacial score (nSPS) is 41.5. The van der Waals surface area contributed by atoms with Crippen LogP contribution in [-0.2, 0) is 46.6 Å². The molecule has 1 aromatic carbocycles. The van der Waals surface area contributed by atoms with Crippen LogP contribution in [0.5, 0.6) is 0 Å². The van der Waals surface area contributed by atoms with Crippen LogP contribution in [0.15, 0.2) is 47.4 Å². The second-order valence-electron chi connectivity index (χ2n) is 13.9. The molecule has 11 nitrogen and oxygen atoms in total. The second kappa shape index (κ2) is 9.34. The van der Waals surface area contributed by atoms with Gasteiger partial charge in [0.1, 0.15) is 19.8 Å². The van der Waals surface area contributed by atoms with Crippen LogP contribution >= 0.6 is 0 Å². The lowest BCUT2D eigenvalue weighted by atomic mass is 9.44. The number of benzene rings is 1. The molecular formula is C32H36FNO10. The summed E-state index contributed by atoms with van der Waals surface area (Å²) >= 11 is 0. The molecule has 0 aromatic heterocycles. The molecule has 1 aromatic rings. The lowest BCUT2D eigenvalue weighted by molar-refractivity contribution is -0.763. The van der Waals surface area contributed by atoms with Gasteiger partial charge in [-0.1, -0.05) is 31.2 Å². The molecule has 3 saturated heterocycles. The van der Waals surface area contributed by atoms with E-state index in [4.69, 9.17) is 18.9 Å². The van der Waals surface area contributed by atoms with Crippen LogP contribution in [0.25, 0.3) is 0 Å². The number of hydrogen-bond acceptors (Lipinski definition) is 10. The molecule has 1 N–H and O–H groups in total. The fourth-order valence-electron chi connectivity index (χ4n) is 9.55. The first-order valence-corrected chi connectivity index (χ1v) is 15.1. The predicted octanol–water partition coefficient (Wildman–Crippen LogP) is 4.04. The van der Waals surface area contributed by atoms with E-state index in [9.17, 15) is 24.8 Å². The minimum atomic E-state index is -2.22. The number of ether oxygens (including phenoxy) is 4. The zero-order valence-corrected chi connectivity index (χ0v) is 25.1. The van der Waals surface area contributed by atoms with Gasteiger partial charge in [-0.2, -0.15) is 0 Å². The van der Waals surface area contributed by atoms with Gasteiger partial charge in [0.15, 0.2) is 22.8 Å². The Morgan fingerprint density at radius 1 is 1.09 bits per heavy atom. The van der Waals surface area contributed by atoms with E-state index in [0.29, 0.717) is 36.0 Å². The van der Waals surface area contributed by atoms with Crippen molar-refractivity contribution in [1.82, 2.24) is 0 Å². The largest absolute Gasteiger partial charge is 0.485 e. The van der Waals surface area contributed by atoms with Crippen molar-refractivity contribution in [2.45, 2.75) is 95.9 Å². The Balaban J connectivity index is 1.31. The summed E-state index contributed by atoms with van der Waals surface area (Å²) in [5.41, 5.74) is -4.42. The van der Waals surface area contributed by atoms with Gasteiger partial charge in [0.25, 0.3) is 5.09 Å². The molecule has 1 spiro atoms. The quantitative estimate of drug-likeness (QED) is 0.369. The molecule has 3 heterocycles. The molecule has 236 valence electrons. The standard InChI is InChI=1S/C32H36FNO10/c1-28(2)43-25-12-21-20-10-9-19-11-22(35)26(40-14-17-5-7-18(8-6-17)15-42-34(38)39)27-30(19,4)31(20,33)23(36)13-29(21,3)32(25,44-28)24(37)16-41-27/h5-8,11,20-21,23,25,36H,9-10,12-16H2,1-4H3/t20-,21-,23-,25-,29-,30+,31?,32+/m0/s1. The van der Waals surface area contributed by atoms with Crippen molar-refractivity contribution in [3.8, 4) is 0 Å². The number of fused-ring (bicyclic) bond motifs is 3. The number of carbonyl (C=O) groups is 2. The smallest absolute Gasteiger partial charge is 0.294 e. The van der Waals surface area contributed by atoms with Crippen LogP contribution in [0, 0.1) is 32.8 Å². The van der Waals surface area contributed by atoms with Gasteiger partial charge in [0.2, 0.25) is 17.3 Å². The topological polar surface area (TPSA) is 144 Å². The van der Waals surface area contributed by atoms with Crippen molar-refractivity contribution >= 4 is 11.6 Å². The molecule has 3 aliphatic heterocycles. The Bertz CT molecular complexity index is 1520. The van der Waals surface area contributed by atoms with E-state index >= 15 is 4.39 Å². The van der Waals surface area contributed by atoms with Crippen molar-refractivity contribution in [3.63, 3.8) is 0 Å². The second-order valence-corrected chi connectivity index (χ2v) is 13.9. The third-order valence-corrected chi connectivity index (χ3v) is 11.4. The number of alkyl halides is 1. The van der Waals surface area contributed by atoms with E-state index in [1.54, 1.807) is 45.0 Å². The van der Waals surface area contributed by atoms with Crippen molar-refractivity contribution in [3.05, 3.63) is 68.7 Å². The maximum atomic E-state index is 18.2. The molecular weight excluding hydrogens is 577 g/mol. The number of aliphatic hydroxyl groups is 1. The Morgan fingerprint density at radius 2 is 1.77 bits per heavy atom. The Hall–Kier alpha value is -3.35. The van der Waals surface area contributed by atoms with E-state index < -0.39 is 63.5 Å². The van der Waals surface area contributed by atoms with Crippen LogP contribution in [0.4, 0.5) is 4.39 Å². The first-order chi connectivity index (χ1) is 20.7. The number of carbonyl (C=O) groups excluding carboxylic acids is 2. The summed E-state index contributed by atoms with van der Waals surface area (Å²) in [6, 6.07) is 6.62. The molecule has 1 unspecified atom stereocenters. The van der Waals surface area contributed by atoms with Gasteiger partial charge in [0, 0.05) is 11.3 Å². The molecule has 44 heavy (non-hydrogen) atoms. The van der Waals surface area contributed by atoms with Gasteiger partial charge in [-0.05, 0) is 75.1 Å². The van der Waals surface area contributed by atoms with Gasteiger partial charge in [-0.15, -0.1) is 10.1 Å². The Labute approximate surface area is 253 Å². The van der Waals surface area contributed by atoms with Crippen molar-refractivity contribution in [1.29, 1.82) is 0 Å². The summed E-state index contributed by atoms with van der Waals surface area (Å²) in [5, 5.41) is 21.5. The average molecular weight is 614 g/mol. The van der Waals surface area contributed by atoms with Crippen LogP contribution in [0.1, 0.15) is 64.5 Å². The van der Waals surface area contributed by atoms with Gasteiger partial charge < -0.3 is 28.9 Å². The summed E-state index contributed by atoms with van der Waals surface area (Å²) in [5.74, 6) is -3.23. The number of halogens is 1. The van der Waals surface area contributed by atoms with Crippen LogP contribution in [0.3, 0.4) is 0 Å². The molecule has 8 atom stereocenters. The summed E-state index contributed by atoms with van der Waals surface area (Å²) in [4.78, 5) is 42.8.